The normalized spacial score (nSPS) is 15.0. The quantitative estimate of drug-likeness (QED) is 0.115. The molecule has 0 saturated heterocycles. The average Bonchev–Trinajstić information content (AvgIpc) is 3.45. The maximum atomic E-state index is 14.0. The van der Waals surface area contributed by atoms with Crippen molar-refractivity contribution < 1.29 is 45.1 Å². The van der Waals surface area contributed by atoms with E-state index in [1.54, 1.807) is 0 Å². The van der Waals surface area contributed by atoms with Crippen LogP contribution in [0.1, 0.15) is 53.6 Å². The molecule has 0 radical (unpaired) electrons. The zero-order chi connectivity index (χ0) is 35.7. The fraction of sp³-hybridized carbons (Fsp3) is 0.310. The summed E-state index contributed by atoms with van der Waals surface area (Å²) in [7, 11) is 1.24. The van der Waals surface area contributed by atoms with Crippen molar-refractivity contribution in [1.82, 2.24) is 34.8 Å². The molecule has 0 bridgehead atoms. The van der Waals surface area contributed by atoms with Gasteiger partial charge in [-0.15, -0.1) is 0 Å². The summed E-state index contributed by atoms with van der Waals surface area (Å²) >= 11 is 6.32. The van der Waals surface area contributed by atoms with Gasteiger partial charge in [-0.1, -0.05) is 29.8 Å². The molecule has 2 heterocycles. The number of halogens is 8. The Balaban J connectivity index is 1.52. The number of benzene rings is 2. The third-order valence-electron chi connectivity index (χ3n) is 7.63. The van der Waals surface area contributed by atoms with Crippen LogP contribution in [-0.4, -0.2) is 72.8 Å². The van der Waals surface area contributed by atoms with Gasteiger partial charge in [-0.05, 0) is 48.2 Å². The lowest BCUT2D eigenvalue weighted by atomic mass is 10.0. The number of ether oxygens (including phenoxy) is 1. The van der Waals surface area contributed by atoms with Crippen molar-refractivity contribution >= 4 is 29.6 Å². The first-order chi connectivity index (χ1) is 23.2. The molecule has 1 aliphatic carbocycles. The van der Waals surface area contributed by atoms with Crippen molar-refractivity contribution in [2.24, 2.45) is 10.7 Å². The lowest BCUT2D eigenvalue weighted by Crippen LogP contribution is -2.49. The lowest BCUT2D eigenvalue weighted by molar-refractivity contribution is -0.164. The summed E-state index contributed by atoms with van der Waals surface area (Å²) in [5.74, 6) is -2.04. The van der Waals surface area contributed by atoms with E-state index in [2.05, 4.69) is 20.2 Å². The Labute approximate surface area is 277 Å². The van der Waals surface area contributed by atoms with Gasteiger partial charge < -0.3 is 15.8 Å². The highest BCUT2D eigenvalue weighted by molar-refractivity contribution is 6.32. The molecule has 260 valence electrons. The highest BCUT2D eigenvalue weighted by atomic mass is 35.5. The smallest absolute Gasteiger partial charge is 0.411 e. The minimum absolute atomic E-state index is 0.0227. The topological polar surface area (TPSA) is 146 Å². The Morgan fingerprint density at radius 3 is 2.37 bits per heavy atom. The summed E-state index contributed by atoms with van der Waals surface area (Å²) in [6, 6.07) is 8.00. The van der Waals surface area contributed by atoms with Crippen LogP contribution in [0.2, 0.25) is 5.02 Å². The number of aromatic nitrogens is 5. The molecule has 12 nitrogen and oxygen atoms in total. The van der Waals surface area contributed by atoms with E-state index in [-0.39, 0.29) is 34.7 Å². The van der Waals surface area contributed by atoms with Crippen LogP contribution in [0.3, 0.4) is 0 Å². The molecule has 2 aromatic heterocycles. The van der Waals surface area contributed by atoms with Crippen LogP contribution < -0.4 is 11.1 Å². The van der Waals surface area contributed by atoms with Crippen LogP contribution in [0.25, 0.3) is 16.8 Å². The van der Waals surface area contributed by atoms with Crippen molar-refractivity contribution in [1.29, 1.82) is 0 Å². The van der Waals surface area contributed by atoms with Crippen LogP contribution in [0.5, 0.6) is 0 Å². The first-order valence-electron chi connectivity index (χ1n) is 14.1. The molecule has 1 fully saturated rings. The molecule has 4 aromatic rings. The molecule has 2 aromatic carbocycles. The van der Waals surface area contributed by atoms with Gasteiger partial charge in [0.1, 0.15) is 18.5 Å². The van der Waals surface area contributed by atoms with Crippen molar-refractivity contribution in [3.05, 3.63) is 83.2 Å². The van der Waals surface area contributed by atoms with E-state index in [9.17, 15) is 40.3 Å². The van der Waals surface area contributed by atoms with Gasteiger partial charge in [0.05, 0.1) is 22.9 Å². The zero-order valence-corrected chi connectivity index (χ0v) is 25.8. The Hall–Kier alpha value is -5.20. The Kier molecular flexibility index (Phi) is 9.84. The number of nitrogens with zero attached hydrogens (tertiary/aromatic N) is 7. The number of carbonyl (C=O) groups is 2. The second kappa shape index (κ2) is 13.7. The molecule has 20 heteroatoms. The van der Waals surface area contributed by atoms with Gasteiger partial charge in [0.2, 0.25) is 0 Å². The fourth-order valence-corrected chi connectivity index (χ4v) is 5.04. The van der Waals surface area contributed by atoms with E-state index in [4.69, 9.17) is 22.1 Å². The standard InChI is InChI=1S/C29H25ClF7N9O3/c1-39-26(38)45(24(47)16-4-2-15(3-5-16)18-11-41-44(12-18)25(33)34)21(13-49-27(48)43-28(8-9-28)29(35,36)37)17-6-7-19(30)20(10-17)46-23(22(31)32)40-14-42-46/h2-7,10-12,14,21-22,25H,8-9,13H2,1H3,(H2,38,39)(H,43,48)/t21-/m1/s1. The number of hydrogen-bond donors (Lipinski definition) is 2. The zero-order valence-electron chi connectivity index (χ0n) is 25.1. The predicted octanol–water partition coefficient (Wildman–Crippen LogP) is 6.07. The summed E-state index contributed by atoms with van der Waals surface area (Å²) in [5.41, 5.74) is 4.37. The maximum Gasteiger partial charge on any atom is 0.411 e. The molecule has 0 unspecified atom stereocenters. The second-order valence-corrected chi connectivity index (χ2v) is 11.1. The predicted molar refractivity (Wildman–Crippen MR) is 159 cm³/mol. The van der Waals surface area contributed by atoms with Crippen molar-refractivity contribution in [3.8, 4) is 16.8 Å². The maximum absolute atomic E-state index is 14.0. The molecule has 1 aliphatic rings. The minimum Gasteiger partial charge on any atom is -0.447 e. The molecule has 0 spiro atoms. The van der Waals surface area contributed by atoms with Crippen LogP contribution in [0, 0.1) is 0 Å². The van der Waals surface area contributed by atoms with Gasteiger partial charge >= 0.3 is 18.8 Å². The van der Waals surface area contributed by atoms with E-state index < -0.39 is 61.1 Å². The van der Waals surface area contributed by atoms with Gasteiger partial charge in [0.15, 0.2) is 11.8 Å². The molecule has 2 amide bonds. The van der Waals surface area contributed by atoms with E-state index in [1.165, 1.54) is 55.7 Å². The van der Waals surface area contributed by atoms with Crippen LogP contribution in [-0.2, 0) is 4.74 Å². The summed E-state index contributed by atoms with van der Waals surface area (Å²) in [5, 5.41) is 9.12. The Morgan fingerprint density at radius 2 is 1.80 bits per heavy atom. The first kappa shape index (κ1) is 35.1. The highest BCUT2D eigenvalue weighted by Crippen LogP contribution is 2.49. The minimum atomic E-state index is -4.75. The average molecular weight is 716 g/mol. The van der Waals surface area contributed by atoms with Crippen molar-refractivity contribution in [2.75, 3.05) is 13.7 Å². The van der Waals surface area contributed by atoms with Crippen LogP contribution in [0.15, 0.2) is 66.2 Å². The Morgan fingerprint density at radius 1 is 1.10 bits per heavy atom. The fourth-order valence-electron chi connectivity index (χ4n) is 4.85. The molecule has 0 aliphatic heterocycles. The number of guanidine groups is 1. The molecule has 5 rings (SSSR count). The van der Waals surface area contributed by atoms with Gasteiger partial charge in [0.25, 0.3) is 12.3 Å². The second-order valence-electron chi connectivity index (χ2n) is 10.7. The summed E-state index contributed by atoms with van der Waals surface area (Å²) < 4.78 is 100. The lowest BCUT2D eigenvalue weighted by Gasteiger charge is -2.31. The molecule has 3 N–H and O–H groups in total. The van der Waals surface area contributed by atoms with Gasteiger partial charge in [0, 0.05) is 24.4 Å². The third-order valence-corrected chi connectivity index (χ3v) is 7.95. The molecular formula is C29H25ClF7N9O3. The molecular weight excluding hydrogens is 691 g/mol. The number of carbonyl (C=O) groups excluding carboxylic acids is 2. The van der Waals surface area contributed by atoms with E-state index >= 15 is 0 Å². The summed E-state index contributed by atoms with van der Waals surface area (Å²) in [6.45, 7) is -3.67. The molecule has 1 atom stereocenters. The van der Waals surface area contributed by atoms with Gasteiger partial charge in [-0.25, -0.2) is 27.9 Å². The van der Waals surface area contributed by atoms with Crippen molar-refractivity contribution in [3.63, 3.8) is 0 Å². The highest BCUT2D eigenvalue weighted by Gasteiger charge is 2.64. The molecule has 49 heavy (non-hydrogen) atoms. The van der Waals surface area contributed by atoms with E-state index in [1.807, 2.05) is 5.32 Å². The number of rotatable bonds is 10. The van der Waals surface area contributed by atoms with Crippen LogP contribution >= 0.6 is 11.6 Å². The van der Waals surface area contributed by atoms with Crippen molar-refractivity contribution in [2.45, 2.75) is 43.6 Å². The largest absolute Gasteiger partial charge is 0.447 e. The number of amides is 2. The van der Waals surface area contributed by atoms with Gasteiger partial charge in [-0.3, -0.25) is 14.7 Å². The van der Waals surface area contributed by atoms with E-state index in [0.717, 1.165) is 22.1 Å². The molecule has 1 saturated carbocycles. The number of alkyl carbamates (subject to hydrolysis) is 1. The number of hydrogen-bond acceptors (Lipinski definition) is 7. The monoisotopic (exact) mass is 715 g/mol. The first-order valence-corrected chi connectivity index (χ1v) is 14.5. The number of nitrogens with two attached hydrogens (primary N) is 1. The van der Waals surface area contributed by atoms with E-state index in [0.29, 0.717) is 15.8 Å². The number of aliphatic imine (C=N–C) groups is 1. The summed E-state index contributed by atoms with van der Waals surface area (Å²) in [6.07, 6.45) is -6.82. The van der Waals surface area contributed by atoms with Gasteiger partial charge in [-0.2, -0.15) is 32.1 Å². The third kappa shape index (κ3) is 7.30. The number of alkyl halides is 7. The van der Waals surface area contributed by atoms with Crippen LogP contribution in [0.4, 0.5) is 35.5 Å². The summed E-state index contributed by atoms with van der Waals surface area (Å²) in [4.78, 5) is 35.0. The SMILES string of the molecule is CN=C(N)N(C(=O)c1ccc(-c2cnn(C(F)F)c2)cc1)[C@H](COC(=O)NC1(C(F)(F)F)CC1)c1ccc(Cl)c(-n2ncnc2C(F)F)c1. The Bertz CT molecular complexity index is 1860. The number of nitrogens with one attached hydrogen (secondary N) is 1.